The van der Waals surface area contributed by atoms with Crippen molar-refractivity contribution in [2.75, 3.05) is 0 Å². The summed E-state index contributed by atoms with van der Waals surface area (Å²) in [6, 6.07) is 6.43. The van der Waals surface area contributed by atoms with E-state index in [0.717, 1.165) is 18.5 Å². The van der Waals surface area contributed by atoms with Crippen molar-refractivity contribution in [1.82, 2.24) is 4.98 Å². The summed E-state index contributed by atoms with van der Waals surface area (Å²) in [5, 5.41) is 0.422. The van der Waals surface area contributed by atoms with Gasteiger partial charge in [0.2, 0.25) is 0 Å². The van der Waals surface area contributed by atoms with Gasteiger partial charge in [0.05, 0.1) is 11.6 Å². The predicted octanol–water partition coefficient (Wildman–Crippen LogP) is 3.80. The summed E-state index contributed by atoms with van der Waals surface area (Å²) >= 11 is 5.81. The number of benzene rings is 1. The highest BCUT2D eigenvalue weighted by Crippen LogP contribution is 2.35. The summed E-state index contributed by atoms with van der Waals surface area (Å²) in [6.07, 6.45) is -2.24. The van der Waals surface area contributed by atoms with E-state index >= 15 is 0 Å². The highest BCUT2D eigenvalue weighted by molar-refractivity contribution is 6.30. The smallest absolute Gasteiger partial charge is 0.320 e. The Hall–Kier alpha value is -1.59. The van der Waals surface area contributed by atoms with Crippen LogP contribution in [0.4, 0.5) is 13.2 Å². The van der Waals surface area contributed by atoms with E-state index in [-0.39, 0.29) is 5.56 Å². The number of hydrogen-bond donors (Lipinski definition) is 1. The molecule has 2 nitrogen and oxygen atoms in total. The van der Waals surface area contributed by atoms with Crippen LogP contribution in [0.15, 0.2) is 42.7 Å². The third-order valence-corrected chi connectivity index (χ3v) is 2.94. The molecular weight excluding hydrogens is 277 g/mol. The fourth-order valence-corrected chi connectivity index (χ4v) is 1.99. The predicted molar refractivity (Wildman–Crippen MR) is 66.7 cm³/mol. The molecule has 0 fully saturated rings. The zero-order valence-corrected chi connectivity index (χ0v) is 10.4. The molecule has 1 atom stereocenters. The lowest BCUT2D eigenvalue weighted by molar-refractivity contribution is -0.138. The molecule has 0 radical (unpaired) electrons. The minimum Gasteiger partial charge on any atom is -0.320 e. The molecule has 0 amide bonds. The maximum atomic E-state index is 12.9. The Bertz CT molecular complexity index is 584. The van der Waals surface area contributed by atoms with Crippen LogP contribution < -0.4 is 5.73 Å². The summed E-state index contributed by atoms with van der Waals surface area (Å²) in [7, 11) is 0. The first-order valence-electron chi connectivity index (χ1n) is 5.42. The van der Waals surface area contributed by atoms with Gasteiger partial charge in [0.25, 0.3) is 0 Å². The average Bonchev–Trinajstić information content (AvgIpc) is 2.37. The van der Waals surface area contributed by atoms with E-state index in [1.807, 2.05) is 0 Å². The fourth-order valence-electron chi connectivity index (χ4n) is 1.79. The van der Waals surface area contributed by atoms with Gasteiger partial charge in [0.15, 0.2) is 0 Å². The van der Waals surface area contributed by atoms with E-state index in [4.69, 9.17) is 17.3 Å². The lowest BCUT2D eigenvalue weighted by atomic mass is 9.97. The third-order valence-electron chi connectivity index (χ3n) is 2.70. The summed E-state index contributed by atoms with van der Waals surface area (Å²) in [5.74, 6) is 0. The molecule has 6 heteroatoms. The Kier molecular flexibility index (Phi) is 3.78. The van der Waals surface area contributed by atoms with Crippen LogP contribution in [-0.2, 0) is 6.18 Å². The van der Waals surface area contributed by atoms with Crippen LogP contribution in [0.5, 0.6) is 0 Å². The van der Waals surface area contributed by atoms with Gasteiger partial charge in [-0.3, -0.25) is 4.98 Å². The van der Waals surface area contributed by atoms with Crippen molar-refractivity contribution < 1.29 is 13.2 Å². The summed E-state index contributed by atoms with van der Waals surface area (Å²) in [4.78, 5) is 3.71. The van der Waals surface area contributed by atoms with Crippen LogP contribution >= 0.6 is 11.6 Å². The van der Waals surface area contributed by atoms with Gasteiger partial charge in [-0.05, 0) is 23.8 Å². The van der Waals surface area contributed by atoms with Gasteiger partial charge in [0.1, 0.15) is 0 Å². The van der Waals surface area contributed by atoms with Crippen LogP contribution in [0.1, 0.15) is 22.7 Å². The van der Waals surface area contributed by atoms with Crippen LogP contribution in [-0.4, -0.2) is 4.98 Å². The second kappa shape index (κ2) is 5.19. The van der Waals surface area contributed by atoms with Crippen molar-refractivity contribution in [2.24, 2.45) is 5.73 Å². The molecule has 2 N–H and O–H groups in total. The van der Waals surface area contributed by atoms with Gasteiger partial charge >= 0.3 is 6.18 Å². The summed E-state index contributed by atoms with van der Waals surface area (Å²) < 4.78 is 38.7. The highest BCUT2D eigenvalue weighted by atomic mass is 35.5. The molecule has 100 valence electrons. The lowest BCUT2D eigenvalue weighted by Gasteiger charge is -2.18. The second-order valence-corrected chi connectivity index (χ2v) is 4.43. The quantitative estimate of drug-likeness (QED) is 0.912. The first-order chi connectivity index (χ1) is 8.89. The monoisotopic (exact) mass is 286 g/mol. The Balaban J connectivity index is 2.48. The molecule has 0 bridgehead atoms. The molecule has 1 aromatic carbocycles. The molecule has 1 aromatic heterocycles. The van der Waals surface area contributed by atoms with Crippen molar-refractivity contribution in [3.63, 3.8) is 0 Å². The molecule has 0 saturated carbocycles. The number of halogens is 4. The van der Waals surface area contributed by atoms with E-state index in [2.05, 4.69) is 4.98 Å². The van der Waals surface area contributed by atoms with Crippen molar-refractivity contribution >= 4 is 11.6 Å². The molecule has 2 aromatic rings. The fraction of sp³-hybridized carbons (Fsp3) is 0.154. The van der Waals surface area contributed by atoms with Crippen molar-refractivity contribution in [3.8, 4) is 0 Å². The van der Waals surface area contributed by atoms with Crippen LogP contribution in [0.25, 0.3) is 0 Å². The molecular formula is C13H10ClF3N2. The number of hydrogen-bond acceptors (Lipinski definition) is 2. The van der Waals surface area contributed by atoms with Gasteiger partial charge in [-0.15, -0.1) is 0 Å². The maximum absolute atomic E-state index is 12.9. The standard InChI is InChI=1S/C13H10ClF3N2/c14-9-3-1-2-8(6-9)12(18)10-7-19-5-4-11(10)13(15,16)17/h1-7,12H,18H2. The number of alkyl halides is 3. The number of rotatable bonds is 2. The van der Waals surface area contributed by atoms with E-state index in [1.54, 1.807) is 24.3 Å². The van der Waals surface area contributed by atoms with E-state index in [1.165, 1.54) is 0 Å². The average molecular weight is 287 g/mol. The number of pyridine rings is 1. The Morgan fingerprint density at radius 3 is 2.58 bits per heavy atom. The first-order valence-corrected chi connectivity index (χ1v) is 5.79. The molecule has 1 unspecified atom stereocenters. The minimum absolute atomic E-state index is 0.0720. The SMILES string of the molecule is NC(c1cccc(Cl)c1)c1cnccc1C(F)(F)F. The van der Waals surface area contributed by atoms with E-state index < -0.39 is 17.8 Å². The Morgan fingerprint density at radius 2 is 1.95 bits per heavy atom. The number of nitrogens with two attached hydrogens (primary N) is 1. The van der Waals surface area contributed by atoms with Gasteiger partial charge in [-0.1, -0.05) is 23.7 Å². The lowest BCUT2D eigenvalue weighted by Crippen LogP contribution is -2.18. The normalized spacial score (nSPS) is 13.3. The van der Waals surface area contributed by atoms with Gasteiger partial charge in [-0.2, -0.15) is 13.2 Å². The first kappa shape index (κ1) is 13.8. The molecule has 1 heterocycles. The second-order valence-electron chi connectivity index (χ2n) is 3.99. The molecule has 0 saturated heterocycles. The van der Waals surface area contributed by atoms with Crippen LogP contribution in [0.3, 0.4) is 0 Å². The molecule has 0 aliphatic carbocycles. The maximum Gasteiger partial charge on any atom is 0.416 e. The molecule has 0 aliphatic rings. The van der Waals surface area contributed by atoms with E-state index in [0.29, 0.717) is 10.6 Å². The van der Waals surface area contributed by atoms with Crippen molar-refractivity contribution in [1.29, 1.82) is 0 Å². The zero-order chi connectivity index (χ0) is 14.0. The summed E-state index contributed by atoms with van der Waals surface area (Å²) in [6.45, 7) is 0. The molecule has 19 heavy (non-hydrogen) atoms. The largest absolute Gasteiger partial charge is 0.416 e. The van der Waals surface area contributed by atoms with Gasteiger partial charge in [0, 0.05) is 23.0 Å². The van der Waals surface area contributed by atoms with E-state index in [9.17, 15) is 13.2 Å². The Morgan fingerprint density at radius 1 is 1.21 bits per heavy atom. The van der Waals surface area contributed by atoms with Crippen LogP contribution in [0.2, 0.25) is 5.02 Å². The topological polar surface area (TPSA) is 38.9 Å². The number of nitrogens with zero attached hydrogens (tertiary/aromatic N) is 1. The van der Waals surface area contributed by atoms with Gasteiger partial charge < -0.3 is 5.73 Å². The highest BCUT2D eigenvalue weighted by Gasteiger charge is 2.34. The zero-order valence-electron chi connectivity index (χ0n) is 9.66. The number of aromatic nitrogens is 1. The molecule has 2 rings (SSSR count). The Labute approximate surface area is 113 Å². The van der Waals surface area contributed by atoms with Gasteiger partial charge in [-0.25, -0.2) is 0 Å². The minimum atomic E-state index is -4.46. The molecule has 0 aliphatic heterocycles. The van der Waals surface area contributed by atoms with Crippen molar-refractivity contribution in [3.05, 3.63) is 64.4 Å². The van der Waals surface area contributed by atoms with Crippen LogP contribution in [0, 0.1) is 0 Å². The summed E-state index contributed by atoms with van der Waals surface area (Å²) in [5.41, 5.74) is 5.54. The third kappa shape index (κ3) is 3.05. The molecule has 0 spiro atoms. The van der Waals surface area contributed by atoms with Crippen molar-refractivity contribution in [2.45, 2.75) is 12.2 Å².